The monoisotopic (exact) mass is 288 g/mol. The molecule has 2 aromatic rings. The van der Waals surface area contributed by atoms with Crippen molar-refractivity contribution in [3.8, 4) is 0 Å². The van der Waals surface area contributed by atoms with Gasteiger partial charge in [0.25, 0.3) is 0 Å². The first-order valence-corrected chi connectivity index (χ1v) is 7.71. The molecule has 114 valence electrons. The van der Waals surface area contributed by atoms with Gasteiger partial charge >= 0.3 is 0 Å². The van der Waals surface area contributed by atoms with Crippen LogP contribution in [0.3, 0.4) is 0 Å². The number of hydrogen-bond donors (Lipinski definition) is 0. The molecule has 2 heterocycles. The van der Waals surface area contributed by atoms with Crippen molar-refractivity contribution in [1.82, 2.24) is 14.8 Å². The van der Waals surface area contributed by atoms with Crippen LogP contribution in [0.1, 0.15) is 25.7 Å². The quantitative estimate of drug-likeness (QED) is 0.848. The maximum atomic E-state index is 5.75. The van der Waals surface area contributed by atoms with Gasteiger partial charge in [-0.15, -0.1) is 0 Å². The predicted octanol–water partition coefficient (Wildman–Crippen LogP) is 2.61. The number of ether oxygens (including phenoxy) is 1. The Labute approximate surface area is 125 Å². The van der Waals surface area contributed by atoms with Gasteiger partial charge in [0.1, 0.15) is 5.52 Å². The molecule has 1 fully saturated rings. The molecule has 1 atom stereocenters. The smallest absolute Gasteiger partial charge is 0.156 e. The summed E-state index contributed by atoms with van der Waals surface area (Å²) in [6.45, 7) is 0.865. The lowest BCUT2D eigenvalue weighted by Crippen LogP contribution is -2.35. The van der Waals surface area contributed by atoms with Gasteiger partial charge in [0.15, 0.2) is 5.82 Å². The molecule has 0 amide bonds. The van der Waals surface area contributed by atoms with Gasteiger partial charge in [-0.05, 0) is 24.8 Å². The summed E-state index contributed by atoms with van der Waals surface area (Å²) in [7, 11) is 5.85. The number of fused-ring (bicyclic) bond motifs is 1. The van der Waals surface area contributed by atoms with Crippen LogP contribution in [0.15, 0.2) is 18.5 Å². The van der Waals surface area contributed by atoms with Gasteiger partial charge in [0, 0.05) is 45.5 Å². The van der Waals surface area contributed by atoms with Gasteiger partial charge in [0.05, 0.1) is 6.10 Å². The first-order chi connectivity index (χ1) is 10.2. The number of rotatable bonds is 5. The maximum Gasteiger partial charge on any atom is 0.156 e. The average molecular weight is 288 g/mol. The van der Waals surface area contributed by atoms with Crippen LogP contribution >= 0.6 is 0 Å². The van der Waals surface area contributed by atoms with Gasteiger partial charge in [-0.3, -0.25) is 4.68 Å². The molecule has 3 rings (SSSR count). The van der Waals surface area contributed by atoms with Crippen LogP contribution in [-0.4, -0.2) is 41.6 Å². The average Bonchev–Trinajstić information content (AvgIpc) is 3.11. The Morgan fingerprint density at radius 1 is 1.43 bits per heavy atom. The fourth-order valence-corrected chi connectivity index (χ4v) is 3.43. The molecule has 0 aromatic carbocycles. The molecule has 21 heavy (non-hydrogen) atoms. The first kappa shape index (κ1) is 14.3. The molecule has 2 aromatic heterocycles. The van der Waals surface area contributed by atoms with Crippen LogP contribution in [0, 0.1) is 5.92 Å². The Kier molecular flexibility index (Phi) is 4.10. The van der Waals surface area contributed by atoms with E-state index in [1.807, 2.05) is 37.3 Å². The van der Waals surface area contributed by atoms with E-state index in [1.54, 1.807) is 0 Å². The Morgan fingerprint density at radius 3 is 2.90 bits per heavy atom. The van der Waals surface area contributed by atoms with Gasteiger partial charge in [-0.25, -0.2) is 4.98 Å². The number of aromatic nitrogens is 3. The molecule has 0 bridgehead atoms. The molecule has 5 heteroatoms. The van der Waals surface area contributed by atoms with E-state index in [1.165, 1.54) is 25.7 Å². The van der Waals surface area contributed by atoms with E-state index in [4.69, 9.17) is 4.74 Å². The highest BCUT2D eigenvalue weighted by Crippen LogP contribution is 2.30. The van der Waals surface area contributed by atoms with E-state index in [-0.39, 0.29) is 6.10 Å². The lowest BCUT2D eigenvalue weighted by atomic mass is 10.0. The third-order valence-corrected chi connectivity index (χ3v) is 4.56. The number of hydrogen-bond acceptors (Lipinski definition) is 4. The van der Waals surface area contributed by atoms with Crippen molar-refractivity contribution in [2.24, 2.45) is 13.0 Å². The van der Waals surface area contributed by atoms with Crippen LogP contribution in [0.2, 0.25) is 0 Å². The number of aryl methyl sites for hydroxylation is 1. The van der Waals surface area contributed by atoms with Gasteiger partial charge < -0.3 is 9.64 Å². The molecule has 1 aliphatic rings. The second-order valence-corrected chi connectivity index (χ2v) is 6.07. The van der Waals surface area contributed by atoms with Crippen LogP contribution in [-0.2, 0) is 11.8 Å². The highest BCUT2D eigenvalue weighted by molar-refractivity contribution is 5.88. The summed E-state index contributed by atoms with van der Waals surface area (Å²) < 4.78 is 7.59. The molecule has 0 saturated heterocycles. The number of likely N-dealkylation sites (N-methyl/N-ethyl adjacent to an activating group) is 1. The summed E-state index contributed by atoms with van der Waals surface area (Å²) in [5.41, 5.74) is 0.962. The van der Waals surface area contributed by atoms with E-state index in [9.17, 15) is 0 Å². The summed E-state index contributed by atoms with van der Waals surface area (Å²) in [6, 6.07) is 2.00. The lowest BCUT2D eigenvalue weighted by molar-refractivity contribution is 0.0603. The number of pyridine rings is 1. The molecule has 5 nitrogen and oxygen atoms in total. The maximum absolute atomic E-state index is 5.75. The standard InChI is InChI=1S/C16H24N4O/c1-19(11-14(21-3)12-6-4-5-7-12)16-15-13(8-9-17-16)10-20(2)18-15/h8-10,12,14H,4-7,11H2,1-3H3. The van der Waals surface area contributed by atoms with Crippen molar-refractivity contribution >= 4 is 16.7 Å². The Hall–Kier alpha value is -1.62. The zero-order valence-corrected chi connectivity index (χ0v) is 13.1. The van der Waals surface area contributed by atoms with Crippen LogP contribution in [0.4, 0.5) is 5.82 Å². The molecule has 0 aliphatic heterocycles. The minimum atomic E-state index is 0.276. The summed E-state index contributed by atoms with van der Waals surface area (Å²) >= 11 is 0. The molecule has 0 N–H and O–H groups in total. The SMILES string of the molecule is COC(CN(C)c1nccc2cn(C)nc12)C1CCCC1. The van der Waals surface area contributed by atoms with Crippen LogP contribution in [0.5, 0.6) is 0 Å². The molecule has 0 radical (unpaired) electrons. The molecule has 1 aliphatic carbocycles. The van der Waals surface area contributed by atoms with Crippen molar-refractivity contribution < 1.29 is 4.74 Å². The minimum Gasteiger partial charge on any atom is -0.379 e. The van der Waals surface area contributed by atoms with Gasteiger partial charge in [-0.2, -0.15) is 5.10 Å². The van der Waals surface area contributed by atoms with Gasteiger partial charge in [-0.1, -0.05) is 12.8 Å². The Balaban J connectivity index is 1.80. The Morgan fingerprint density at radius 2 is 2.19 bits per heavy atom. The minimum absolute atomic E-state index is 0.276. The second-order valence-electron chi connectivity index (χ2n) is 6.07. The van der Waals surface area contributed by atoms with E-state index < -0.39 is 0 Å². The van der Waals surface area contributed by atoms with Crippen molar-refractivity contribution in [3.05, 3.63) is 18.5 Å². The highest BCUT2D eigenvalue weighted by Gasteiger charge is 2.26. The summed E-state index contributed by atoms with van der Waals surface area (Å²) in [5.74, 6) is 1.62. The summed E-state index contributed by atoms with van der Waals surface area (Å²) in [6.07, 6.45) is 9.40. The highest BCUT2D eigenvalue weighted by atomic mass is 16.5. The first-order valence-electron chi connectivity index (χ1n) is 7.71. The number of methoxy groups -OCH3 is 1. The third-order valence-electron chi connectivity index (χ3n) is 4.56. The topological polar surface area (TPSA) is 43.2 Å². The van der Waals surface area contributed by atoms with Crippen molar-refractivity contribution in [2.75, 3.05) is 25.6 Å². The normalized spacial score (nSPS) is 17.5. The van der Waals surface area contributed by atoms with E-state index in [2.05, 4.69) is 22.0 Å². The van der Waals surface area contributed by atoms with Crippen molar-refractivity contribution in [3.63, 3.8) is 0 Å². The molecule has 1 saturated carbocycles. The molecule has 0 spiro atoms. The van der Waals surface area contributed by atoms with Crippen molar-refractivity contribution in [1.29, 1.82) is 0 Å². The fourth-order valence-electron chi connectivity index (χ4n) is 3.43. The molecular weight excluding hydrogens is 264 g/mol. The van der Waals surface area contributed by atoms with Crippen LogP contribution < -0.4 is 4.90 Å². The summed E-state index contributed by atoms with van der Waals surface area (Å²) in [5, 5.41) is 5.67. The molecule has 1 unspecified atom stereocenters. The zero-order chi connectivity index (χ0) is 14.8. The number of anilines is 1. The number of nitrogens with zero attached hydrogens (tertiary/aromatic N) is 4. The third kappa shape index (κ3) is 2.88. The van der Waals surface area contributed by atoms with Crippen LogP contribution in [0.25, 0.3) is 10.9 Å². The molecular formula is C16H24N4O. The van der Waals surface area contributed by atoms with Crippen molar-refractivity contribution in [2.45, 2.75) is 31.8 Å². The fraction of sp³-hybridized carbons (Fsp3) is 0.625. The predicted molar refractivity (Wildman–Crippen MR) is 84.5 cm³/mol. The van der Waals surface area contributed by atoms with E-state index in [0.717, 1.165) is 23.3 Å². The Bertz CT molecular complexity index is 603. The van der Waals surface area contributed by atoms with E-state index in [0.29, 0.717) is 5.92 Å². The van der Waals surface area contributed by atoms with Gasteiger partial charge in [0.2, 0.25) is 0 Å². The second kappa shape index (κ2) is 6.02. The lowest BCUT2D eigenvalue weighted by Gasteiger charge is -2.28. The zero-order valence-electron chi connectivity index (χ0n) is 13.1. The summed E-state index contributed by atoms with van der Waals surface area (Å²) in [4.78, 5) is 6.71. The largest absolute Gasteiger partial charge is 0.379 e. The van der Waals surface area contributed by atoms with E-state index >= 15 is 0 Å².